The Balaban J connectivity index is 1.90. The van der Waals surface area contributed by atoms with E-state index < -0.39 is 6.10 Å². The fraction of sp³-hybridized carbons (Fsp3) is 0.538. The summed E-state index contributed by atoms with van der Waals surface area (Å²) in [6.07, 6.45) is 1.45. The summed E-state index contributed by atoms with van der Waals surface area (Å²) in [4.78, 5) is 0. The molecule has 31 heavy (non-hydrogen) atoms. The van der Waals surface area contributed by atoms with Crippen molar-refractivity contribution >= 4 is 0 Å². The molecule has 2 N–H and O–H groups in total. The Morgan fingerprint density at radius 3 is 1.84 bits per heavy atom. The van der Waals surface area contributed by atoms with Crippen molar-refractivity contribution in [1.29, 1.82) is 0 Å². The largest absolute Gasteiger partial charge is 0.493 e. The molecule has 5 heteroatoms. The standard InChI is InChI=1S/C26H38O5/c1-5-6-15-29-18-23(28)19-31-25-13-9-22(10-14-25)26(3,4)21-7-11-24(12-8-21)30-17-20(2)16-27/h7-14,20,23,27-28H,5-6,15-19H2,1-4H3. The Morgan fingerprint density at radius 1 is 0.839 bits per heavy atom. The molecule has 2 aromatic carbocycles. The maximum atomic E-state index is 9.97. The maximum Gasteiger partial charge on any atom is 0.119 e. The van der Waals surface area contributed by atoms with Crippen molar-refractivity contribution in [3.63, 3.8) is 0 Å². The lowest BCUT2D eigenvalue weighted by molar-refractivity contribution is 0.0113. The predicted octanol–water partition coefficient (Wildman–Crippen LogP) is 4.58. The van der Waals surface area contributed by atoms with Crippen LogP contribution in [0.15, 0.2) is 48.5 Å². The minimum absolute atomic E-state index is 0.117. The van der Waals surface area contributed by atoms with E-state index in [1.807, 2.05) is 31.2 Å². The zero-order valence-corrected chi connectivity index (χ0v) is 19.3. The molecule has 0 saturated carbocycles. The predicted molar refractivity (Wildman–Crippen MR) is 124 cm³/mol. The molecule has 0 spiro atoms. The van der Waals surface area contributed by atoms with E-state index in [-0.39, 0.29) is 24.5 Å². The molecule has 0 saturated heterocycles. The van der Waals surface area contributed by atoms with Crippen molar-refractivity contribution in [2.45, 2.75) is 52.1 Å². The van der Waals surface area contributed by atoms with Gasteiger partial charge in [0.1, 0.15) is 24.2 Å². The zero-order valence-electron chi connectivity index (χ0n) is 19.3. The van der Waals surface area contributed by atoms with Crippen LogP contribution in [-0.2, 0) is 10.2 Å². The van der Waals surface area contributed by atoms with Crippen LogP contribution in [0.2, 0.25) is 0 Å². The van der Waals surface area contributed by atoms with Gasteiger partial charge in [-0.1, -0.05) is 58.4 Å². The average Bonchev–Trinajstić information content (AvgIpc) is 2.79. The SMILES string of the molecule is CCCCOCC(O)COc1ccc(C(C)(C)c2ccc(OCC(C)CO)cc2)cc1. The van der Waals surface area contributed by atoms with Gasteiger partial charge in [-0.3, -0.25) is 0 Å². The Hall–Kier alpha value is -2.08. The molecule has 0 heterocycles. The van der Waals surface area contributed by atoms with Gasteiger partial charge in [0.2, 0.25) is 0 Å². The Labute approximate surface area is 187 Å². The fourth-order valence-corrected chi connectivity index (χ4v) is 3.10. The summed E-state index contributed by atoms with van der Waals surface area (Å²) >= 11 is 0. The fourth-order valence-electron chi connectivity index (χ4n) is 3.10. The number of hydrogen-bond donors (Lipinski definition) is 2. The van der Waals surface area contributed by atoms with E-state index in [9.17, 15) is 5.11 Å². The van der Waals surface area contributed by atoms with E-state index in [2.05, 4.69) is 45.0 Å². The molecule has 2 atom stereocenters. The third-order valence-corrected chi connectivity index (χ3v) is 5.39. The second-order valence-electron chi connectivity index (χ2n) is 8.67. The average molecular weight is 431 g/mol. The van der Waals surface area contributed by atoms with Gasteiger partial charge >= 0.3 is 0 Å². The third kappa shape index (κ3) is 8.17. The summed E-state index contributed by atoms with van der Waals surface area (Å²) in [6.45, 7) is 10.2. The van der Waals surface area contributed by atoms with Crippen molar-refractivity contribution < 1.29 is 24.4 Å². The Bertz CT molecular complexity index is 739. The van der Waals surface area contributed by atoms with Crippen LogP contribution in [0.4, 0.5) is 0 Å². The van der Waals surface area contributed by atoms with Gasteiger partial charge < -0.3 is 24.4 Å². The van der Waals surface area contributed by atoms with Crippen molar-refractivity contribution in [1.82, 2.24) is 0 Å². The topological polar surface area (TPSA) is 68.2 Å². The van der Waals surface area contributed by atoms with Gasteiger partial charge in [-0.05, 0) is 41.8 Å². The van der Waals surface area contributed by atoms with E-state index in [1.54, 1.807) is 0 Å². The van der Waals surface area contributed by atoms with E-state index in [0.29, 0.717) is 19.8 Å². The number of hydrogen-bond acceptors (Lipinski definition) is 5. The summed E-state index contributed by atoms with van der Waals surface area (Å²) in [5.74, 6) is 1.65. The minimum Gasteiger partial charge on any atom is -0.493 e. The van der Waals surface area contributed by atoms with Gasteiger partial charge in [0.05, 0.1) is 13.2 Å². The molecule has 0 aliphatic heterocycles. The molecule has 2 rings (SSSR count). The second-order valence-corrected chi connectivity index (χ2v) is 8.67. The second kappa shape index (κ2) is 12.7. The third-order valence-electron chi connectivity index (χ3n) is 5.39. The van der Waals surface area contributed by atoms with E-state index in [1.165, 1.54) is 11.1 Å². The normalized spacial score (nSPS) is 13.6. The number of unbranched alkanes of at least 4 members (excludes halogenated alkanes) is 1. The van der Waals surface area contributed by atoms with Crippen molar-refractivity contribution in [2.24, 2.45) is 5.92 Å². The van der Waals surface area contributed by atoms with Crippen LogP contribution in [0, 0.1) is 5.92 Å². The molecule has 0 aliphatic carbocycles. The molecule has 0 amide bonds. The first kappa shape index (κ1) is 25.2. The molecular formula is C26H38O5. The van der Waals surface area contributed by atoms with E-state index in [0.717, 1.165) is 24.3 Å². The highest BCUT2D eigenvalue weighted by atomic mass is 16.5. The number of ether oxygens (including phenoxy) is 3. The van der Waals surface area contributed by atoms with Gasteiger partial charge in [-0.25, -0.2) is 0 Å². The molecule has 2 aromatic rings. The summed E-state index contributed by atoms with van der Waals surface area (Å²) in [6, 6.07) is 16.1. The molecular weight excluding hydrogens is 392 g/mol. The highest BCUT2D eigenvalue weighted by molar-refractivity contribution is 5.41. The number of benzene rings is 2. The highest BCUT2D eigenvalue weighted by Gasteiger charge is 2.23. The van der Waals surface area contributed by atoms with Gasteiger partial charge in [-0.2, -0.15) is 0 Å². The summed E-state index contributed by atoms with van der Waals surface area (Å²) in [5.41, 5.74) is 2.18. The minimum atomic E-state index is -0.630. The lowest BCUT2D eigenvalue weighted by atomic mass is 9.78. The molecule has 5 nitrogen and oxygen atoms in total. The lowest BCUT2D eigenvalue weighted by Gasteiger charge is -2.26. The van der Waals surface area contributed by atoms with Gasteiger partial charge in [0.25, 0.3) is 0 Å². The van der Waals surface area contributed by atoms with Crippen molar-refractivity contribution in [3.05, 3.63) is 59.7 Å². The smallest absolute Gasteiger partial charge is 0.119 e. The monoisotopic (exact) mass is 430 g/mol. The summed E-state index contributed by atoms with van der Waals surface area (Å²) in [7, 11) is 0. The van der Waals surface area contributed by atoms with Crippen LogP contribution in [-0.4, -0.2) is 49.4 Å². The number of aliphatic hydroxyl groups excluding tert-OH is 2. The van der Waals surface area contributed by atoms with E-state index in [4.69, 9.17) is 19.3 Å². The van der Waals surface area contributed by atoms with Crippen LogP contribution >= 0.6 is 0 Å². The highest BCUT2D eigenvalue weighted by Crippen LogP contribution is 2.33. The first-order valence-electron chi connectivity index (χ1n) is 11.2. The van der Waals surface area contributed by atoms with Gasteiger partial charge in [0.15, 0.2) is 0 Å². The number of aliphatic hydroxyl groups is 2. The molecule has 0 fully saturated rings. The van der Waals surface area contributed by atoms with Crippen LogP contribution in [0.3, 0.4) is 0 Å². The van der Waals surface area contributed by atoms with Crippen molar-refractivity contribution in [2.75, 3.05) is 33.0 Å². The van der Waals surface area contributed by atoms with Gasteiger partial charge in [0, 0.05) is 24.5 Å². The molecule has 172 valence electrons. The van der Waals surface area contributed by atoms with Crippen LogP contribution in [0.5, 0.6) is 11.5 Å². The summed E-state index contributed by atoms with van der Waals surface area (Å²) in [5, 5.41) is 19.1. The molecule has 0 aliphatic rings. The number of rotatable bonds is 14. The van der Waals surface area contributed by atoms with Gasteiger partial charge in [-0.15, -0.1) is 0 Å². The Kier molecular flexibility index (Phi) is 10.3. The van der Waals surface area contributed by atoms with Crippen molar-refractivity contribution in [3.8, 4) is 11.5 Å². The first-order chi connectivity index (χ1) is 14.9. The Morgan fingerprint density at radius 2 is 1.35 bits per heavy atom. The lowest BCUT2D eigenvalue weighted by Crippen LogP contribution is -2.23. The molecule has 0 aromatic heterocycles. The summed E-state index contributed by atoms with van der Waals surface area (Å²) < 4.78 is 16.9. The van der Waals surface area contributed by atoms with Crippen LogP contribution in [0.25, 0.3) is 0 Å². The van der Waals surface area contributed by atoms with Crippen LogP contribution in [0.1, 0.15) is 51.7 Å². The first-order valence-corrected chi connectivity index (χ1v) is 11.2. The zero-order chi connectivity index (χ0) is 22.7. The van der Waals surface area contributed by atoms with Crippen LogP contribution < -0.4 is 9.47 Å². The van der Waals surface area contributed by atoms with E-state index >= 15 is 0 Å². The quantitative estimate of drug-likeness (QED) is 0.430. The maximum absolute atomic E-state index is 9.97. The molecule has 2 unspecified atom stereocenters. The molecule has 0 bridgehead atoms. The molecule has 0 radical (unpaired) electrons.